The van der Waals surface area contributed by atoms with Gasteiger partial charge in [-0.2, -0.15) is 0 Å². The second-order valence-electron chi connectivity index (χ2n) is 6.04. The van der Waals surface area contributed by atoms with Gasteiger partial charge in [0.1, 0.15) is 0 Å². The van der Waals surface area contributed by atoms with Gasteiger partial charge in [-0.05, 0) is 56.9 Å². The van der Waals surface area contributed by atoms with Crippen molar-refractivity contribution in [3.63, 3.8) is 0 Å². The molecule has 0 fully saturated rings. The monoisotopic (exact) mass is 319 g/mol. The number of hydrogen-bond acceptors (Lipinski definition) is 1. The van der Waals surface area contributed by atoms with Gasteiger partial charge in [0, 0.05) is 23.5 Å². The molecule has 0 amide bonds. The van der Waals surface area contributed by atoms with Crippen molar-refractivity contribution in [2.24, 2.45) is 5.92 Å². The van der Waals surface area contributed by atoms with Crippen LogP contribution in [0.25, 0.3) is 0 Å². The normalized spacial score (nSPS) is 18.9. The molecule has 1 rings (SSSR count). The highest BCUT2D eigenvalue weighted by atomic mass is 15.1. The Balaban J connectivity index is 2.82. The second-order valence-corrected chi connectivity index (χ2v) is 6.04. The Hall–Kier alpha value is -2.46. The number of rotatable bonds is 6. The fraction of sp³-hybridized carbons (Fsp3) is 0.304. The van der Waals surface area contributed by atoms with Gasteiger partial charge in [-0.25, -0.2) is 0 Å². The standard InChI is InChI=1S/C23H29N/c1-8-12-23(18(4)9-2)14-11-13-19(5)21(7)24-16-15-22(10-3)17-20(24)6/h3,8-9,11-17,19,21H,6H2,1-2,4-5,7H3/b12-8-,13-11+,18-9+,23-14+. The van der Waals surface area contributed by atoms with E-state index in [0.717, 1.165) is 11.3 Å². The molecule has 1 heteroatoms. The van der Waals surface area contributed by atoms with Crippen molar-refractivity contribution in [1.29, 1.82) is 0 Å². The van der Waals surface area contributed by atoms with E-state index in [2.05, 4.69) is 81.6 Å². The zero-order chi connectivity index (χ0) is 18.1. The van der Waals surface area contributed by atoms with Crippen molar-refractivity contribution in [3.05, 3.63) is 83.8 Å². The third-order valence-electron chi connectivity index (χ3n) is 4.36. The average Bonchev–Trinajstić information content (AvgIpc) is 2.59. The van der Waals surface area contributed by atoms with E-state index in [0.29, 0.717) is 12.0 Å². The molecule has 0 saturated heterocycles. The Morgan fingerprint density at radius 1 is 1.33 bits per heavy atom. The molecule has 0 aromatic heterocycles. The maximum absolute atomic E-state index is 5.44. The van der Waals surface area contributed by atoms with Crippen LogP contribution in [0.3, 0.4) is 0 Å². The molecule has 1 aliphatic heterocycles. The minimum Gasteiger partial charge on any atom is -0.345 e. The molecule has 0 N–H and O–H groups in total. The van der Waals surface area contributed by atoms with Crippen LogP contribution in [0.4, 0.5) is 0 Å². The van der Waals surface area contributed by atoms with Crippen molar-refractivity contribution in [1.82, 2.24) is 4.90 Å². The van der Waals surface area contributed by atoms with Crippen LogP contribution in [-0.4, -0.2) is 10.9 Å². The first-order chi connectivity index (χ1) is 11.4. The summed E-state index contributed by atoms with van der Waals surface area (Å²) in [6.45, 7) is 14.8. The molecule has 1 nitrogen and oxygen atoms in total. The average molecular weight is 319 g/mol. The summed E-state index contributed by atoms with van der Waals surface area (Å²) in [5, 5.41) is 0. The van der Waals surface area contributed by atoms with Crippen molar-refractivity contribution in [3.8, 4) is 12.3 Å². The van der Waals surface area contributed by atoms with Crippen molar-refractivity contribution < 1.29 is 0 Å². The van der Waals surface area contributed by atoms with Crippen LogP contribution in [0.15, 0.2) is 83.8 Å². The molecular formula is C23H29N. The highest BCUT2D eigenvalue weighted by molar-refractivity contribution is 5.44. The minimum absolute atomic E-state index is 0.307. The van der Waals surface area contributed by atoms with Gasteiger partial charge in [-0.1, -0.05) is 55.9 Å². The van der Waals surface area contributed by atoms with Crippen LogP contribution >= 0.6 is 0 Å². The van der Waals surface area contributed by atoms with E-state index < -0.39 is 0 Å². The lowest BCUT2D eigenvalue weighted by molar-refractivity contribution is 0.313. The molecule has 24 heavy (non-hydrogen) atoms. The first-order valence-electron chi connectivity index (χ1n) is 8.42. The topological polar surface area (TPSA) is 3.24 Å². The number of terminal acetylenes is 1. The fourth-order valence-electron chi connectivity index (χ4n) is 2.46. The predicted molar refractivity (Wildman–Crippen MR) is 107 cm³/mol. The molecule has 0 saturated carbocycles. The molecular weight excluding hydrogens is 290 g/mol. The Morgan fingerprint density at radius 3 is 2.58 bits per heavy atom. The van der Waals surface area contributed by atoms with Gasteiger partial charge in [0.25, 0.3) is 0 Å². The second kappa shape index (κ2) is 9.63. The van der Waals surface area contributed by atoms with E-state index in [1.54, 1.807) is 0 Å². The fourth-order valence-corrected chi connectivity index (χ4v) is 2.46. The molecule has 1 heterocycles. The van der Waals surface area contributed by atoms with E-state index in [-0.39, 0.29) is 0 Å². The van der Waals surface area contributed by atoms with E-state index in [1.165, 1.54) is 11.1 Å². The number of nitrogens with zero attached hydrogens (tertiary/aromatic N) is 1. The van der Waals surface area contributed by atoms with Crippen LogP contribution in [0, 0.1) is 18.3 Å². The maximum atomic E-state index is 5.44. The van der Waals surface area contributed by atoms with E-state index in [1.807, 2.05) is 25.3 Å². The van der Waals surface area contributed by atoms with Gasteiger partial charge in [-0.15, -0.1) is 6.42 Å². The lowest BCUT2D eigenvalue weighted by atomic mass is 9.99. The summed E-state index contributed by atoms with van der Waals surface area (Å²) in [6.07, 6.45) is 24.2. The summed E-state index contributed by atoms with van der Waals surface area (Å²) in [7, 11) is 0. The summed E-state index contributed by atoms with van der Waals surface area (Å²) < 4.78 is 0. The molecule has 0 bridgehead atoms. The molecule has 2 atom stereocenters. The predicted octanol–water partition coefficient (Wildman–Crippen LogP) is 5.94. The van der Waals surface area contributed by atoms with Crippen LogP contribution in [0.1, 0.15) is 34.6 Å². The zero-order valence-corrected chi connectivity index (χ0v) is 15.6. The molecule has 2 unspecified atom stereocenters. The maximum Gasteiger partial charge on any atom is 0.0368 e. The first kappa shape index (κ1) is 19.6. The highest BCUT2D eigenvalue weighted by Gasteiger charge is 2.18. The molecule has 0 aliphatic carbocycles. The summed E-state index contributed by atoms with van der Waals surface area (Å²) in [5.41, 5.74) is 4.32. The van der Waals surface area contributed by atoms with Gasteiger partial charge in [-0.3, -0.25) is 0 Å². The van der Waals surface area contributed by atoms with Crippen LogP contribution < -0.4 is 0 Å². The SMILES string of the molecule is C#CC1=CC(=C)N(C(C)C(C)/C=C/C=C(\C=C/C)C(/C)=C/C)C=C1. The van der Waals surface area contributed by atoms with E-state index in [4.69, 9.17) is 6.42 Å². The zero-order valence-electron chi connectivity index (χ0n) is 15.6. The first-order valence-corrected chi connectivity index (χ1v) is 8.42. The molecule has 0 aromatic rings. The molecule has 0 aromatic carbocycles. The lowest BCUT2D eigenvalue weighted by Crippen LogP contribution is -2.32. The Bertz CT molecular complexity index is 671. The molecule has 1 aliphatic rings. The van der Waals surface area contributed by atoms with Crippen molar-refractivity contribution >= 4 is 0 Å². The summed E-state index contributed by atoms with van der Waals surface area (Å²) in [6, 6.07) is 0.307. The summed E-state index contributed by atoms with van der Waals surface area (Å²) >= 11 is 0. The van der Waals surface area contributed by atoms with Gasteiger partial charge < -0.3 is 4.90 Å². The van der Waals surface area contributed by atoms with E-state index >= 15 is 0 Å². The third kappa shape index (κ3) is 5.32. The quantitative estimate of drug-likeness (QED) is 0.432. The van der Waals surface area contributed by atoms with Gasteiger partial charge >= 0.3 is 0 Å². The molecule has 126 valence electrons. The Labute approximate surface area is 148 Å². The Morgan fingerprint density at radius 2 is 2.04 bits per heavy atom. The van der Waals surface area contributed by atoms with Crippen molar-refractivity contribution in [2.45, 2.75) is 40.7 Å². The minimum atomic E-state index is 0.307. The van der Waals surface area contributed by atoms with Gasteiger partial charge in [0.15, 0.2) is 0 Å². The smallest absolute Gasteiger partial charge is 0.0368 e. The Kier molecular flexibility index (Phi) is 7.86. The van der Waals surface area contributed by atoms with E-state index in [9.17, 15) is 0 Å². The highest BCUT2D eigenvalue weighted by Crippen LogP contribution is 2.23. The summed E-state index contributed by atoms with van der Waals surface area (Å²) in [4.78, 5) is 2.17. The van der Waals surface area contributed by atoms with Crippen LogP contribution in [0.2, 0.25) is 0 Å². The van der Waals surface area contributed by atoms with Gasteiger partial charge in [0.2, 0.25) is 0 Å². The summed E-state index contributed by atoms with van der Waals surface area (Å²) in [5.74, 6) is 3.03. The number of hydrogen-bond donors (Lipinski definition) is 0. The van der Waals surface area contributed by atoms with Crippen LogP contribution in [-0.2, 0) is 0 Å². The molecule has 0 spiro atoms. The largest absolute Gasteiger partial charge is 0.345 e. The molecule has 0 radical (unpaired) electrons. The third-order valence-corrected chi connectivity index (χ3v) is 4.36. The lowest BCUT2D eigenvalue weighted by Gasteiger charge is -2.33. The van der Waals surface area contributed by atoms with Gasteiger partial charge in [0.05, 0.1) is 0 Å². The van der Waals surface area contributed by atoms with Crippen LogP contribution in [0.5, 0.6) is 0 Å². The van der Waals surface area contributed by atoms with Crippen molar-refractivity contribution in [2.75, 3.05) is 0 Å². The number of allylic oxidation sites excluding steroid dienone is 10.